The fourth-order valence-corrected chi connectivity index (χ4v) is 3.44. The van der Waals surface area contributed by atoms with Crippen LogP contribution in [0.25, 0.3) is 0 Å². The van der Waals surface area contributed by atoms with Gasteiger partial charge in [0.25, 0.3) is 0 Å². The minimum atomic E-state index is 0.185. The number of nitrogens with one attached hydrogen (secondary N) is 1. The Bertz CT molecular complexity index is 399. The Hall–Kier alpha value is -0.0900. The molecule has 1 aromatic rings. The van der Waals surface area contributed by atoms with E-state index in [-0.39, 0.29) is 5.41 Å². The minimum absolute atomic E-state index is 0.185. The monoisotopic (exact) mass is 331 g/mol. The van der Waals surface area contributed by atoms with Gasteiger partial charge in [0.1, 0.15) is 0 Å². The van der Waals surface area contributed by atoms with Gasteiger partial charge in [-0.25, -0.2) is 0 Å². The van der Waals surface area contributed by atoms with Crippen LogP contribution >= 0.6 is 27.5 Å². The van der Waals surface area contributed by atoms with Crippen molar-refractivity contribution in [3.8, 4) is 0 Å². The molecule has 2 nitrogen and oxygen atoms in total. The zero-order chi connectivity index (χ0) is 13.0. The molecule has 1 atom stereocenters. The van der Waals surface area contributed by atoms with Gasteiger partial charge in [-0.3, -0.25) is 0 Å². The molecule has 1 fully saturated rings. The molecule has 1 heterocycles. The maximum atomic E-state index is 6.32. The number of ether oxygens (including phenoxy) is 1. The zero-order valence-corrected chi connectivity index (χ0v) is 13.0. The van der Waals surface area contributed by atoms with Crippen molar-refractivity contribution in [2.75, 3.05) is 26.8 Å². The number of rotatable bonds is 4. The molecular weight excluding hydrogens is 314 g/mol. The van der Waals surface area contributed by atoms with Crippen molar-refractivity contribution in [2.24, 2.45) is 5.41 Å². The van der Waals surface area contributed by atoms with E-state index in [1.54, 1.807) is 0 Å². The standard InChI is InChI=1S/C14H19BrClNO/c1-17-9-14(5-2-6-18-10-14)8-11-3-4-12(15)7-13(11)16/h3-4,7,17H,2,5-6,8-10H2,1H3. The molecule has 0 aromatic heterocycles. The third kappa shape index (κ3) is 3.47. The summed E-state index contributed by atoms with van der Waals surface area (Å²) in [6.45, 7) is 2.68. The Morgan fingerprint density at radius 2 is 2.33 bits per heavy atom. The predicted molar refractivity (Wildman–Crippen MR) is 79.3 cm³/mol. The molecule has 0 amide bonds. The van der Waals surface area contributed by atoms with Crippen LogP contribution in [0.2, 0.25) is 5.02 Å². The van der Waals surface area contributed by atoms with E-state index in [9.17, 15) is 0 Å². The number of hydrogen-bond acceptors (Lipinski definition) is 2. The summed E-state index contributed by atoms with van der Waals surface area (Å²) < 4.78 is 6.71. The van der Waals surface area contributed by atoms with Gasteiger partial charge in [-0.05, 0) is 44.0 Å². The molecule has 0 spiro atoms. The van der Waals surface area contributed by atoms with Gasteiger partial charge < -0.3 is 10.1 Å². The van der Waals surface area contributed by atoms with E-state index in [4.69, 9.17) is 16.3 Å². The molecule has 0 saturated carbocycles. The van der Waals surface area contributed by atoms with Crippen molar-refractivity contribution in [1.29, 1.82) is 0 Å². The molecule has 2 rings (SSSR count). The summed E-state index contributed by atoms with van der Waals surface area (Å²) in [7, 11) is 2.00. The Morgan fingerprint density at radius 3 is 2.94 bits per heavy atom. The summed E-state index contributed by atoms with van der Waals surface area (Å²) in [6, 6.07) is 6.13. The van der Waals surface area contributed by atoms with Gasteiger partial charge in [-0.15, -0.1) is 0 Å². The molecule has 1 unspecified atom stereocenters. The highest BCUT2D eigenvalue weighted by molar-refractivity contribution is 9.10. The normalized spacial score (nSPS) is 24.2. The molecule has 4 heteroatoms. The highest BCUT2D eigenvalue weighted by atomic mass is 79.9. The van der Waals surface area contributed by atoms with Gasteiger partial charge in [0, 0.05) is 28.1 Å². The Balaban J connectivity index is 2.17. The SMILES string of the molecule is CNCC1(Cc2ccc(Br)cc2Cl)CCCOC1. The lowest BCUT2D eigenvalue weighted by atomic mass is 9.77. The highest BCUT2D eigenvalue weighted by Crippen LogP contribution is 2.34. The average molecular weight is 333 g/mol. The Morgan fingerprint density at radius 1 is 1.50 bits per heavy atom. The topological polar surface area (TPSA) is 21.3 Å². The van der Waals surface area contributed by atoms with Crippen LogP contribution in [0.3, 0.4) is 0 Å². The van der Waals surface area contributed by atoms with Crippen LogP contribution in [0.1, 0.15) is 18.4 Å². The Labute approximate surface area is 122 Å². The molecule has 0 bridgehead atoms. The molecule has 1 aliphatic heterocycles. The van der Waals surface area contributed by atoms with Gasteiger partial charge in [-0.1, -0.05) is 33.6 Å². The lowest BCUT2D eigenvalue weighted by molar-refractivity contribution is -0.00622. The van der Waals surface area contributed by atoms with E-state index in [0.717, 1.165) is 42.1 Å². The van der Waals surface area contributed by atoms with Gasteiger partial charge in [0.15, 0.2) is 0 Å². The molecule has 0 radical (unpaired) electrons. The molecule has 100 valence electrons. The van der Waals surface area contributed by atoms with Gasteiger partial charge in [0.05, 0.1) is 6.61 Å². The van der Waals surface area contributed by atoms with Crippen LogP contribution in [0, 0.1) is 5.41 Å². The summed E-state index contributed by atoms with van der Waals surface area (Å²) in [6.07, 6.45) is 3.30. The fraction of sp³-hybridized carbons (Fsp3) is 0.571. The van der Waals surface area contributed by atoms with E-state index in [0.29, 0.717) is 0 Å². The molecule has 0 aliphatic carbocycles. The van der Waals surface area contributed by atoms with Crippen LogP contribution in [0.15, 0.2) is 22.7 Å². The quantitative estimate of drug-likeness (QED) is 0.908. The summed E-state index contributed by atoms with van der Waals surface area (Å²) in [5, 5.41) is 4.14. The van der Waals surface area contributed by atoms with Crippen LogP contribution in [-0.4, -0.2) is 26.8 Å². The first-order valence-corrected chi connectivity index (χ1v) is 7.49. The maximum absolute atomic E-state index is 6.32. The van der Waals surface area contributed by atoms with Crippen molar-refractivity contribution in [3.05, 3.63) is 33.3 Å². The van der Waals surface area contributed by atoms with E-state index in [2.05, 4.69) is 33.4 Å². The van der Waals surface area contributed by atoms with Crippen LogP contribution in [-0.2, 0) is 11.2 Å². The van der Waals surface area contributed by atoms with E-state index < -0.39 is 0 Å². The van der Waals surface area contributed by atoms with Crippen molar-refractivity contribution in [3.63, 3.8) is 0 Å². The lowest BCUT2D eigenvalue weighted by Gasteiger charge is -2.37. The molecule has 1 aromatic carbocycles. The number of benzene rings is 1. The summed E-state index contributed by atoms with van der Waals surface area (Å²) >= 11 is 9.76. The summed E-state index contributed by atoms with van der Waals surface area (Å²) in [5.41, 5.74) is 1.39. The third-order valence-corrected chi connectivity index (χ3v) is 4.38. The number of halogens is 2. The van der Waals surface area contributed by atoms with E-state index >= 15 is 0 Å². The fourth-order valence-electron chi connectivity index (χ4n) is 2.70. The maximum Gasteiger partial charge on any atom is 0.0537 e. The lowest BCUT2D eigenvalue weighted by Crippen LogP contribution is -2.41. The predicted octanol–water partition coefficient (Wildman–Crippen LogP) is 3.66. The van der Waals surface area contributed by atoms with Crippen molar-refractivity contribution in [2.45, 2.75) is 19.3 Å². The number of hydrogen-bond donors (Lipinski definition) is 1. The summed E-state index contributed by atoms with van der Waals surface area (Å²) in [5.74, 6) is 0. The molecule has 1 aliphatic rings. The van der Waals surface area contributed by atoms with Crippen molar-refractivity contribution < 1.29 is 4.74 Å². The van der Waals surface area contributed by atoms with E-state index in [1.165, 1.54) is 12.0 Å². The average Bonchev–Trinajstić information content (AvgIpc) is 2.34. The molecular formula is C14H19BrClNO. The first-order chi connectivity index (χ1) is 8.65. The van der Waals surface area contributed by atoms with Crippen LogP contribution < -0.4 is 5.32 Å². The van der Waals surface area contributed by atoms with E-state index in [1.807, 2.05) is 13.1 Å². The van der Waals surface area contributed by atoms with Crippen molar-refractivity contribution in [1.82, 2.24) is 5.32 Å². The molecule has 1 N–H and O–H groups in total. The first kappa shape index (κ1) is 14.3. The van der Waals surface area contributed by atoms with Gasteiger partial charge in [-0.2, -0.15) is 0 Å². The second-order valence-electron chi connectivity index (χ2n) is 5.10. The smallest absolute Gasteiger partial charge is 0.0537 e. The molecule has 18 heavy (non-hydrogen) atoms. The second kappa shape index (κ2) is 6.38. The highest BCUT2D eigenvalue weighted by Gasteiger charge is 2.33. The van der Waals surface area contributed by atoms with Crippen LogP contribution in [0.5, 0.6) is 0 Å². The first-order valence-electron chi connectivity index (χ1n) is 6.31. The largest absolute Gasteiger partial charge is 0.381 e. The Kier molecular flexibility index (Phi) is 5.07. The van der Waals surface area contributed by atoms with Gasteiger partial charge in [0.2, 0.25) is 0 Å². The second-order valence-corrected chi connectivity index (χ2v) is 6.42. The zero-order valence-electron chi connectivity index (χ0n) is 10.6. The minimum Gasteiger partial charge on any atom is -0.381 e. The summed E-state index contributed by atoms with van der Waals surface area (Å²) in [4.78, 5) is 0. The van der Waals surface area contributed by atoms with Crippen LogP contribution in [0.4, 0.5) is 0 Å². The third-order valence-electron chi connectivity index (χ3n) is 3.54. The molecule has 1 saturated heterocycles. The van der Waals surface area contributed by atoms with Crippen molar-refractivity contribution >= 4 is 27.5 Å². The van der Waals surface area contributed by atoms with Gasteiger partial charge >= 0.3 is 0 Å².